The summed E-state index contributed by atoms with van der Waals surface area (Å²) in [6.45, 7) is 0. The van der Waals surface area contributed by atoms with E-state index in [0.29, 0.717) is 11.8 Å². The summed E-state index contributed by atoms with van der Waals surface area (Å²) >= 11 is 0. The minimum Gasteiger partial charge on any atom is -0.196 e. The molecule has 4 aliphatic rings. The molecule has 5 rings (SSSR count). The van der Waals surface area contributed by atoms with E-state index < -0.39 is 12.0 Å². The second-order valence-electron chi connectivity index (χ2n) is 6.38. The van der Waals surface area contributed by atoms with Crippen LogP contribution in [0.1, 0.15) is 37.9 Å². The molecule has 1 heterocycles. The van der Waals surface area contributed by atoms with Gasteiger partial charge >= 0.3 is 6.18 Å². The Morgan fingerprint density at radius 3 is 2.15 bits per heavy atom. The molecule has 0 N–H and O–H groups in total. The lowest BCUT2D eigenvalue weighted by Crippen LogP contribution is -2.40. The van der Waals surface area contributed by atoms with Crippen LogP contribution in [0.5, 0.6) is 0 Å². The quantitative estimate of drug-likeness (QED) is 0.796. The summed E-state index contributed by atoms with van der Waals surface area (Å²) in [5, 5.41) is 9.77. The summed E-state index contributed by atoms with van der Waals surface area (Å²) in [5.74, 6) is 1.42. The zero-order chi connectivity index (χ0) is 13.9. The van der Waals surface area contributed by atoms with E-state index in [1.165, 1.54) is 6.42 Å². The van der Waals surface area contributed by atoms with Crippen LogP contribution in [0.15, 0.2) is 5.57 Å². The highest BCUT2D eigenvalue weighted by Gasteiger charge is 2.45. The van der Waals surface area contributed by atoms with Crippen molar-refractivity contribution in [3.63, 3.8) is 0 Å². The van der Waals surface area contributed by atoms with E-state index in [4.69, 9.17) is 0 Å². The average Bonchev–Trinajstić information content (AvgIpc) is 2.80. The summed E-state index contributed by atoms with van der Waals surface area (Å²) in [5.41, 5.74) is 1.13. The number of allylic oxidation sites excluding steroid dienone is 1. The first-order chi connectivity index (χ1) is 9.50. The maximum atomic E-state index is 12.8. The van der Waals surface area contributed by atoms with Gasteiger partial charge in [-0.05, 0) is 71.8 Å². The molecule has 108 valence electrons. The van der Waals surface area contributed by atoms with Crippen LogP contribution in [0, 0.1) is 23.7 Å². The van der Waals surface area contributed by atoms with Crippen molar-refractivity contribution in [3.8, 4) is 0 Å². The smallest absolute Gasteiger partial charge is 0.196 e. The predicted molar refractivity (Wildman–Crippen MR) is 64.1 cm³/mol. The fourth-order valence-corrected chi connectivity index (χ4v) is 4.55. The van der Waals surface area contributed by atoms with Crippen LogP contribution < -0.4 is 0 Å². The zero-order valence-electron chi connectivity index (χ0n) is 10.8. The van der Waals surface area contributed by atoms with Gasteiger partial charge in [0.05, 0.1) is 0 Å². The van der Waals surface area contributed by atoms with E-state index in [1.54, 1.807) is 6.20 Å². The van der Waals surface area contributed by atoms with E-state index >= 15 is 0 Å². The molecule has 0 atom stereocenters. The Morgan fingerprint density at radius 2 is 1.60 bits per heavy atom. The third-order valence-electron chi connectivity index (χ3n) is 5.10. The molecule has 0 saturated heterocycles. The summed E-state index contributed by atoms with van der Waals surface area (Å²) in [6.07, 6.45) is 2.87. The molecule has 0 amide bonds. The lowest BCUT2D eigenvalue weighted by Gasteiger charge is -2.51. The molecule has 1 aromatic heterocycles. The minimum absolute atomic E-state index is 0.441. The Kier molecular flexibility index (Phi) is 2.50. The Balaban J connectivity index is 1.69. The second-order valence-corrected chi connectivity index (χ2v) is 6.38. The molecule has 0 aliphatic heterocycles. The first-order valence-electron chi connectivity index (χ1n) is 7.07. The summed E-state index contributed by atoms with van der Waals surface area (Å²) in [6, 6.07) is 0. The van der Waals surface area contributed by atoms with Crippen molar-refractivity contribution in [1.82, 2.24) is 20.2 Å². The van der Waals surface area contributed by atoms with E-state index in [1.807, 2.05) is 0 Å². The first-order valence-corrected chi connectivity index (χ1v) is 7.07. The molecule has 4 nitrogen and oxygen atoms in total. The number of tetrazole rings is 1. The van der Waals surface area contributed by atoms with Gasteiger partial charge in [0, 0.05) is 6.20 Å². The molecular weight excluding hydrogens is 269 g/mol. The van der Waals surface area contributed by atoms with Gasteiger partial charge in [-0.2, -0.15) is 17.9 Å². The fraction of sp³-hybridized carbons (Fsp3) is 0.769. The highest BCUT2D eigenvalue weighted by molar-refractivity contribution is 5.37. The SMILES string of the molecule is FC(F)(F)c1nnnn1C=C1C2CC3CC(C2)CC1C3. The van der Waals surface area contributed by atoms with Gasteiger partial charge in [0.2, 0.25) is 0 Å². The standard InChI is InChI=1S/C13H15F3N4/c14-13(15,16)12-17-18-19-20(12)6-11-9-2-7-1-8(4-9)5-10(11)3-7/h6-10H,1-5H2. The second kappa shape index (κ2) is 4.05. The third kappa shape index (κ3) is 1.86. The van der Waals surface area contributed by atoms with Gasteiger partial charge in [0.1, 0.15) is 0 Å². The van der Waals surface area contributed by atoms with Crippen LogP contribution >= 0.6 is 0 Å². The number of hydrogen-bond donors (Lipinski definition) is 0. The van der Waals surface area contributed by atoms with Crippen LogP contribution in [-0.4, -0.2) is 20.2 Å². The minimum atomic E-state index is -4.51. The van der Waals surface area contributed by atoms with Gasteiger partial charge in [-0.1, -0.05) is 0 Å². The van der Waals surface area contributed by atoms with E-state index in [2.05, 4.69) is 15.5 Å². The van der Waals surface area contributed by atoms with Crippen LogP contribution in [0.3, 0.4) is 0 Å². The van der Waals surface area contributed by atoms with Gasteiger partial charge in [-0.25, -0.2) is 0 Å². The van der Waals surface area contributed by atoms with Gasteiger partial charge in [0.25, 0.3) is 5.82 Å². The molecule has 4 bridgehead atoms. The topological polar surface area (TPSA) is 43.6 Å². The molecule has 4 fully saturated rings. The van der Waals surface area contributed by atoms with Crippen molar-refractivity contribution in [2.75, 3.05) is 0 Å². The average molecular weight is 284 g/mol. The number of hydrogen-bond acceptors (Lipinski definition) is 3. The molecule has 4 aliphatic carbocycles. The number of alkyl halides is 3. The summed E-state index contributed by atoms with van der Waals surface area (Å²) in [7, 11) is 0. The maximum Gasteiger partial charge on any atom is 0.453 e. The summed E-state index contributed by atoms with van der Waals surface area (Å²) < 4.78 is 39.2. The molecule has 4 saturated carbocycles. The van der Waals surface area contributed by atoms with Gasteiger partial charge in [-0.3, -0.25) is 0 Å². The predicted octanol–water partition coefficient (Wildman–Crippen LogP) is 2.99. The van der Waals surface area contributed by atoms with Crippen LogP contribution in [0.4, 0.5) is 13.2 Å². The van der Waals surface area contributed by atoms with Crippen molar-refractivity contribution in [2.24, 2.45) is 23.7 Å². The van der Waals surface area contributed by atoms with Crippen molar-refractivity contribution < 1.29 is 13.2 Å². The fourth-order valence-electron chi connectivity index (χ4n) is 4.55. The summed E-state index contributed by atoms with van der Waals surface area (Å²) in [4.78, 5) is 0. The van der Waals surface area contributed by atoms with Crippen LogP contribution in [-0.2, 0) is 6.18 Å². The molecule has 0 radical (unpaired) electrons. The molecular formula is C13H15F3N4. The van der Waals surface area contributed by atoms with E-state index in [0.717, 1.165) is 47.8 Å². The largest absolute Gasteiger partial charge is 0.453 e. The van der Waals surface area contributed by atoms with E-state index in [-0.39, 0.29) is 0 Å². The van der Waals surface area contributed by atoms with Crippen molar-refractivity contribution in [2.45, 2.75) is 38.3 Å². The molecule has 0 unspecified atom stereocenters. The van der Waals surface area contributed by atoms with Crippen molar-refractivity contribution in [1.29, 1.82) is 0 Å². The monoisotopic (exact) mass is 284 g/mol. The molecule has 0 aromatic carbocycles. The Hall–Kier alpha value is -1.40. The lowest BCUT2D eigenvalue weighted by molar-refractivity contribution is -0.146. The molecule has 7 heteroatoms. The number of rotatable bonds is 1. The number of aromatic nitrogens is 4. The van der Waals surface area contributed by atoms with Crippen LogP contribution in [0.25, 0.3) is 6.20 Å². The third-order valence-corrected chi connectivity index (χ3v) is 5.10. The van der Waals surface area contributed by atoms with Gasteiger partial charge in [-0.15, -0.1) is 5.10 Å². The van der Waals surface area contributed by atoms with Gasteiger partial charge < -0.3 is 0 Å². The Labute approximate surface area is 114 Å². The molecule has 1 aromatic rings. The Morgan fingerprint density at radius 1 is 1.00 bits per heavy atom. The zero-order valence-corrected chi connectivity index (χ0v) is 10.8. The number of halogens is 3. The first kappa shape index (κ1) is 12.3. The van der Waals surface area contributed by atoms with E-state index in [9.17, 15) is 13.2 Å². The highest BCUT2D eigenvalue weighted by atomic mass is 19.4. The van der Waals surface area contributed by atoms with Crippen molar-refractivity contribution in [3.05, 3.63) is 11.4 Å². The van der Waals surface area contributed by atoms with Crippen molar-refractivity contribution >= 4 is 6.20 Å². The molecule has 20 heavy (non-hydrogen) atoms. The number of nitrogens with zero attached hydrogens (tertiary/aromatic N) is 4. The Bertz CT molecular complexity index is 530. The highest BCUT2D eigenvalue weighted by Crippen LogP contribution is 2.56. The maximum absolute atomic E-state index is 12.8. The van der Waals surface area contributed by atoms with Crippen LogP contribution in [0.2, 0.25) is 0 Å². The lowest BCUT2D eigenvalue weighted by atomic mass is 9.54. The molecule has 0 spiro atoms. The van der Waals surface area contributed by atoms with Gasteiger partial charge in [0.15, 0.2) is 0 Å². The normalized spacial score (nSPS) is 35.6.